The van der Waals surface area contributed by atoms with Crippen LogP contribution in [0.15, 0.2) is 71.2 Å². The molecule has 0 saturated heterocycles. The maximum absolute atomic E-state index is 12.5. The van der Waals surface area contributed by atoms with Gasteiger partial charge in [-0.15, -0.1) is 0 Å². The number of fused-ring (bicyclic) bond motifs is 3. The fourth-order valence-corrected chi connectivity index (χ4v) is 5.82. The molecule has 0 aromatic heterocycles. The molecule has 0 saturated carbocycles. The molecule has 1 aliphatic carbocycles. The van der Waals surface area contributed by atoms with E-state index in [1.54, 1.807) is 13.2 Å². The molecular weight excluding hydrogens is 530 g/mol. The molecule has 35 heavy (non-hydrogen) atoms. The van der Waals surface area contributed by atoms with Crippen molar-refractivity contribution in [1.82, 2.24) is 0 Å². The van der Waals surface area contributed by atoms with Crippen LogP contribution in [0.25, 0.3) is 0 Å². The Labute approximate surface area is 218 Å². The van der Waals surface area contributed by atoms with E-state index in [0.717, 1.165) is 33.3 Å². The first kappa shape index (κ1) is 23.8. The molecule has 0 unspecified atom stereocenters. The van der Waals surface area contributed by atoms with Gasteiger partial charge in [0.25, 0.3) is 0 Å². The zero-order chi connectivity index (χ0) is 24.5. The van der Waals surface area contributed by atoms with Gasteiger partial charge in [-0.2, -0.15) is 0 Å². The summed E-state index contributed by atoms with van der Waals surface area (Å²) in [4.78, 5) is 12.5. The van der Waals surface area contributed by atoms with E-state index in [0.29, 0.717) is 34.6 Å². The van der Waals surface area contributed by atoms with Crippen molar-refractivity contribution < 1.29 is 19.0 Å². The van der Waals surface area contributed by atoms with Crippen molar-refractivity contribution in [2.45, 2.75) is 25.0 Å². The molecule has 0 fully saturated rings. The Morgan fingerprint density at radius 2 is 1.97 bits per heavy atom. The topological polar surface area (TPSA) is 56.8 Å². The van der Waals surface area contributed by atoms with Gasteiger partial charge >= 0.3 is 5.97 Å². The standard InChI is InChI=1S/C28H25BrClNO4/c1-33-24-14-17(13-22(29)27(24)35-15-16-7-3-4-12-23(16)30)25-19-9-5-8-18(19)20-10-6-11-21(26(20)31-25)28(32)34-2/h3-8,10-14,18-19,25,31H,9,15H2,1-2H3/t18-,19+,25+/m1/s1. The van der Waals surface area contributed by atoms with Crippen LogP contribution in [0.2, 0.25) is 5.02 Å². The van der Waals surface area contributed by atoms with Crippen molar-refractivity contribution in [2.75, 3.05) is 19.5 Å². The number of allylic oxidation sites excluding steroid dienone is 2. The summed E-state index contributed by atoms with van der Waals surface area (Å²) in [6.45, 7) is 0.320. The quantitative estimate of drug-likeness (QED) is 0.256. The minimum Gasteiger partial charge on any atom is -0.493 e. The predicted octanol–water partition coefficient (Wildman–Crippen LogP) is 7.30. The maximum atomic E-state index is 12.5. The third kappa shape index (κ3) is 4.41. The Hall–Kier alpha value is -2.96. The zero-order valence-electron chi connectivity index (χ0n) is 19.4. The molecule has 5 nitrogen and oxygen atoms in total. The lowest BCUT2D eigenvalue weighted by molar-refractivity contribution is 0.0601. The lowest BCUT2D eigenvalue weighted by atomic mass is 9.76. The molecule has 3 atom stereocenters. The summed E-state index contributed by atoms with van der Waals surface area (Å²) in [6, 6.07) is 17.4. The molecule has 0 radical (unpaired) electrons. The summed E-state index contributed by atoms with van der Waals surface area (Å²) in [5.74, 6) is 1.40. The Bertz CT molecular complexity index is 1310. The van der Waals surface area contributed by atoms with Crippen LogP contribution in [0.5, 0.6) is 11.5 Å². The second kappa shape index (κ2) is 9.96. The van der Waals surface area contributed by atoms with E-state index in [1.807, 2.05) is 36.4 Å². The minimum absolute atomic E-state index is 0.0314. The van der Waals surface area contributed by atoms with Crippen LogP contribution in [0.3, 0.4) is 0 Å². The van der Waals surface area contributed by atoms with Gasteiger partial charge in [0.15, 0.2) is 11.5 Å². The van der Waals surface area contributed by atoms with Gasteiger partial charge in [0, 0.05) is 16.5 Å². The molecule has 1 N–H and O–H groups in total. The number of halogens is 2. The normalized spacial score (nSPS) is 19.9. The van der Waals surface area contributed by atoms with E-state index in [1.165, 1.54) is 7.11 Å². The summed E-state index contributed by atoms with van der Waals surface area (Å²) in [5.41, 5.74) is 4.43. The molecule has 1 aliphatic heterocycles. The van der Waals surface area contributed by atoms with E-state index < -0.39 is 0 Å². The number of carbonyl (C=O) groups is 1. The molecule has 7 heteroatoms. The Balaban J connectivity index is 1.50. The lowest BCUT2D eigenvalue weighted by Gasteiger charge is -2.38. The lowest BCUT2D eigenvalue weighted by Crippen LogP contribution is -2.30. The molecule has 0 bridgehead atoms. The third-order valence-electron chi connectivity index (χ3n) is 6.74. The Morgan fingerprint density at radius 1 is 1.14 bits per heavy atom. The smallest absolute Gasteiger partial charge is 0.339 e. The van der Waals surface area contributed by atoms with E-state index in [2.05, 4.69) is 45.5 Å². The van der Waals surface area contributed by atoms with Gasteiger partial charge < -0.3 is 19.5 Å². The molecule has 1 heterocycles. The number of hydrogen-bond donors (Lipinski definition) is 1. The molecule has 180 valence electrons. The Morgan fingerprint density at radius 3 is 2.74 bits per heavy atom. The fourth-order valence-electron chi connectivity index (χ4n) is 5.06. The van der Waals surface area contributed by atoms with E-state index in [4.69, 9.17) is 25.8 Å². The second-order valence-electron chi connectivity index (χ2n) is 8.65. The maximum Gasteiger partial charge on any atom is 0.339 e. The molecule has 0 amide bonds. The van der Waals surface area contributed by atoms with E-state index >= 15 is 0 Å². The highest BCUT2D eigenvalue weighted by molar-refractivity contribution is 9.10. The van der Waals surface area contributed by atoms with Crippen molar-refractivity contribution >= 4 is 39.2 Å². The van der Waals surface area contributed by atoms with Gasteiger partial charge in [-0.25, -0.2) is 4.79 Å². The first-order valence-corrected chi connectivity index (χ1v) is 12.6. The van der Waals surface area contributed by atoms with Gasteiger partial charge in [0.05, 0.1) is 36.0 Å². The van der Waals surface area contributed by atoms with Crippen molar-refractivity contribution in [2.24, 2.45) is 5.92 Å². The number of methoxy groups -OCH3 is 2. The van der Waals surface area contributed by atoms with Crippen molar-refractivity contribution in [1.29, 1.82) is 0 Å². The minimum atomic E-state index is -0.351. The number of esters is 1. The number of rotatable bonds is 6. The number of carbonyl (C=O) groups excluding carboxylic acids is 1. The zero-order valence-corrected chi connectivity index (χ0v) is 21.7. The Kier molecular flexibility index (Phi) is 6.76. The van der Waals surface area contributed by atoms with Gasteiger partial charge in [-0.05, 0) is 63.7 Å². The average molecular weight is 555 g/mol. The first-order valence-electron chi connectivity index (χ1n) is 11.4. The van der Waals surface area contributed by atoms with Crippen LogP contribution in [0.4, 0.5) is 5.69 Å². The van der Waals surface area contributed by atoms with Gasteiger partial charge in [0.2, 0.25) is 0 Å². The molecule has 2 aliphatic rings. The molecule has 0 spiro atoms. The van der Waals surface area contributed by atoms with Crippen LogP contribution < -0.4 is 14.8 Å². The first-order chi connectivity index (χ1) is 17.0. The highest BCUT2D eigenvalue weighted by atomic mass is 79.9. The molecule has 3 aromatic rings. The fraction of sp³-hybridized carbons (Fsp3) is 0.250. The van der Waals surface area contributed by atoms with Crippen LogP contribution in [-0.4, -0.2) is 20.2 Å². The van der Waals surface area contributed by atoms with Crippen LogP contribution >= 0.6 is 27.5 Å². The van der Waals surface area contributed by atoms with Crippen LogP contribution in [0, 0.1) is 5.92 Å². The second-order valence-corrected chi connectivity index (χ2v) is 9.91. The largest absolute Gasteiger partial charge is 0.493 e. The number of nitrogens with one attached hydrogen (secondary N) is 1. The summed E-state index contributed by atoms with van der Waals surface area (Å²) < 4.78 is 17.7. The number of hydrogen-bond acceptors (Lipinski definition) is 5. The van der Waals surface area contributed by atoms with Crippen LogP contribution in [-0.2, 0) is 11.3 Å². The third-order valence-corrected chi connectivity index (χ3v) is 7.70. The predicted molar refractivity (Wildman–Crippen MR) is 141 cm³/mol. The molecule has 5 rings (SSSR count). The SMILES string of the molecule is COC(=O)c1cccc2c1N[C@@H](c1cc(Br)c(OCc3ccccc3Cl)c(OC)c1)[C@H]1CC=C[C@@H]21. The van der Waals surface area contributed by atoms with Crippen molar-refractivity contribution in [3.63, 3.8) is 0 Å². The van der Waals surface area contributed by atoms with Crippen molar-refractivity contribution in [3.8, 4) is 11.5 Å². The summed E-state index contributed by atoms with van der Waals surface area (Å²) in [7, 11) is 3.04. The number of benzene rings is 3. The number of ether oxygens (including phenoxy) is 3. The van der Waals surface area contributed by atoms with Gasteiger partial charge in [0.1, 0.15) is 6.61 Å². The van der Waals surface area contributed by atoms with Crippen molar-refractivity contribution in [3.05, 3.63) is 98.5 Å². The van der Waals surface area contributed by atoms with E-state index in [9.17, 15) is 4.79 Å². The number of para-hydroxylation sites is 1. The summed E-state index contributed by atoms with van der Waals surface area (Å²) >= 11 is 9.99. The summed E-state index contributed by atoms with van der Waals surface area (Å²) in [6.07, 6.45) is 5.40. The molecule has 3 aromatic carbocycles. The van der Waals surface area contributed by atoms with Gasteiger partial charge in [-0.3, -0.25) is 0 Å². The van der Waals surface area contributed by atoms with Gasteiger partial charge in [-0.1, -0.05) is 54.1 Å². The summed E-state index contributed by atoms with van der Waals surface area (Å²) in [5, 5.41) is 4.31. The average Bonchev–Trinajstić information content (AvgIpc) is 3.37. The molecular formula is C28H25BrClNO4. The van der Waals surface area contributed by atoms with E-state index in [-0.39, 0.29) is 17.9 Å². The highest BCUT2D eigenvalue weighted by Crippen LogP contribution is 2.52. The monoisotopic (exact) mass is 553 g/mol. The van der Waals surface area contributed by atoms with Crippen LogP contribution in [0.1, 0.15) is 45.4 Å². The number of anilines is 1. The highest BCUT2D eigenvalue weighted by Gasteiger charge is 2.40.